The van der Waals surface area contributed by atoms with E-state index in [1.54, 1.807) is 31.4 Å². The van der Waals surface area contributed by atoms with Crippen molar-refractivity contribution in [3.63, 3.8) is 0 Å². The molecular formula is C20H21N3O4S. The number of nitrogens with two attached hydrogens (primary N) is 1. The van der Waals surface area contributed by atoms with Crippen LogP contribution >= 0.6 is 11.3 Å². The zero-order chi connectivity index (χ0) is 20.1. The molecule has 0 bridgehead atoms. The summed E-state index contributed by atoms with van der Waals surface area (Å²) >= 11 is 1.43. The summed E-state index contributed by atoms with van der Waals surface area (Å²) in [5, 5.41) is 11.1. The fourth-order valence-corrected chi connectivity index (χ4v) is 3.48. The maximum atomic E-state index is 12.0. The van der Waals surface area contributed by atoms with Crippen LogP contribution < -0.4 is 20.5 Å². The molecule has 8 heteroatoms. The van der Waals surface area contributed by atoms with Crippen molar-refractivity contribution >= 4 is 39.0 Å². The molecule has 1 unspecified atom stereocenters. The van der Waals surface area contributed by atoms with Crippen LogP contribution in [0.2, 0.25) is 0 Å². The number of thiophene rings is 1. The van der Waals surface area contributed by atoms with Crippen molar-refractivity contribution in [2.45, 2.75) is 13.0 Å². The molecule has 0 saturated carbocycles. The number of rotatable bonds is 7. The molecule has 3 rings (SSSR count). The number of amides is 1. The molecule has 0 aliphatic carbocycles. The minimum Gasteiger partial charge on any atom is -0.497 e. The van der Waals surface area contributed by atoms with Crippen LogP contribution in [0.25, 0.3) is 10.1 Å². The molecule has 0 radical (unpaired) electrons. The Balaban J connectivity index is 1.56. The second kappa shape index (κ2) is 8.62. The molecule has 4 N–H and O–H groups in total. The number of ether oxygens (including phenoxy) is 3. The average molecular weight is 399 g/mol. The molecule has 0 spiro atoms. The summed E-state index contributed by atoms with van der Waals surface area (Å²) < 4.78 is 17.2. The van der Waals surface area contributed by atoms with Crippen molar-refractivity contribution in [2.24, 2.45) is 5.73 Å². The van der Waals surface area contributed by atoms with Gasteiger partial charge >= 0.3 is 6.09 Å². The van der Waals surface area contributed by atoms with Gasteiger partial charge in [-0.15, -0.1) is 11.3 Å². The highest BCUT2D eigenvalue weighted by atomic mass is 32.1. The number of carbonyl (C=O) groups excluding carboxylic acids is 1. The molecule has 0 aliphatic rings. The summed E-state index contributed by atoms with van der Waals surface area (Å²) in [5.74, 6) is 1.39. The Kier molecular flexibility index (Phi) is 6.00. The maximum absolute atomic E-state index is 12.0. The minimum absolute atomic E-state index is 0.0266. The van der Waals surface area contributed by atoms with Gasteiger partial charge in [0.25, 0.3) is 0 Å². The van der Waals surface area contributed by atoms with Crippen molar-refractivity contribution in [3.05, 3.63) is 53.4 Å². The van der Waals surface area contributed by atoms with Gasteiger partial charge in [-0.05, 0) is 49.4 Å². The van der Waals surface area contributed by atoms with Crippen molar-refractivity contribution in [3.8, 4) is 11.5 Å². The zero-order valence-corrected chi connectivity index (χ0v) is 16.3. The first-order valence-electron chi connectivity index (χ1n) is 8.57. The SMILES string of the molecule is COc1ccc(NC(=O)OCC(C)Oc2cccc3sc(C(=N)N)cc23)cc1. The molecule has 1 aromatic heterocycles. The number of carbonyl (C=O) groups is 1. The van der Waals surface area contributed by atoms with Crippen molar-refractivity contribution in [2.75, 3.05) is 19.0 Å². The van der Waals surface area contributed by atoms with E-state index in [1.165, 1.54) is 11.3 Å². The molecule has 146 valence electrons. The summed E-state index contributed by atoms with van der Waals surface area (Å²) in [7, 11) is 1.58. The van der Waals surface area contributed by atoms with Crippen molar-refractivity contribution in [1.82, 2.24) is 0 Å². The number of hydrogen-bond donors (Lipinski definition) is 3. The van der Waals surface area contributed by atoms with Crippen LogP contribution in [0.5, 0.6) is 11.5 Å². The average Bonchev–Trinajstić information content (AvgIpc) is 3.13. The fourth-order valence-electron chi connectivity index (χ4n) is 2.54. The predicted octanol–water partition coefficient (Wildman–Crippen LogP) is 4.21. The first-order valence-corrected chi connectivity index (χ1v) is 9.39. The van der Waals surface area contributed by atoms with E-state index in [4.69, 9.17) is 25.4 Å². The third-order valence-corrected chi connectivity index (χ3v) is 5.03. The standard InChI is InChI=1S/C20H21N3O4S/c1-12(11-26-20(24)23-13-6-8-14(25-2)9-7-13)27-16-4-3-5-17-15(16)10-18(28-17)19(21)22/h3-10,12H,11H2,1-2H3,(H3,21,22)(H,23,24). The van der Waals surface area contributed by atoms with Gasteiger partial charge in [0.1, 0.15) is 30.0 Å². The number of nitrogens with one attached hydrogen (secondary N) is 2. The Hall–Kier alpha value is -3.26. The summed E-state index contributed by atoms with van der Waals surface area (Å²) in [6.45, 7) is 1.90. The largest absolute Gasteiger partial charge is 0.497 e. The second-order valence-electron chi connectivity index (χ2n) is 6.07. The van der Waals surface area contributed by atoms with E-state index in [1.807, 2.05) is 31.2 Å². The predicted molar refractivity (Wildman–Crippen MR) is 111 cm³/mol. The van der Waals surface area contributed by atoms with E-state index in [9.17, 15) is 4.79 Å². The molecule has 28 heavy (non-hydrogen) atoms. The lowest BCUT2D eigenvalue weighted by atomic mass is 10.2. The monoisotopic (exact) mass is 399 g/mol. The van der Waals surface area contributed by atoms with E-state index in [0.717, 1.165) is 10.1 Å². The normalized spacial score (nSPS) is 11.6. The van der Waals surface area contributed by atoms with Crippen LogP contribution in [-0.2, 0) is 4.74 Å². The number of hydrogen-bond acceptors (Lipinski definition) is 6. The smallest absolute Gasteiger partial charge is 0.411 e. The Labute approximate surface area is 166 Å². The van der Waals surface area contributed by atoms with Gasteiger partial charge in [0.05, 0.1) is 12.0 Å². The van der Waals surface area contributed by atoms with E-state index < -0.39 is 6.09 Å². The number of benzene rings is 2. The van der Waals surface area contributed by atoms with Gasteiger partial charge in [-0.1, -0.05) is 6.07 Å². The van der Waals surface area contributed by atoms with Crippen LogP contribution in [0.3, 0.4) is 0 Å². The van der Waals surface area contributed by atoms with Crippen LogP contribution in [0.15, 0.2) is 48.5 Å². The quantitative estimate of drug-likeness (QED) is 0.407. The Morgan fingerprint density at radius 2 is 2.00 bits per heavy atom. The first-order chi connectivity index (χ1) is 13.5. The molecule has 7 nitrogen and oxygen atoms in total. The lowest BCUT2D eigenvalue weighted by Gasteiger charge is -2.16. The van der Waals surface area contributed by atoms with E-state index in [0.29, 0.717) is 22.1 Å². The molecular weight excluding hydrogens is 378 g/mol. The summed E-state index contributed by atoms with van der Waals surface area (Å²) in [6.07, 6.45) is -0.916. The fraction of sp³-hybridized carbons (Fsp3) is 0.200. The minimum atomic E-state index is -0.562. The van der Waals surface area contributed by atoms with Crippen LogP contribution in [0.1, 0.15) is 11.8 Å². The third kappa shape index (κ3) is 4.72. The lowest BCUT2D eigenvalue weighted by Crippen LogP contribution is -2.24. The molecule has 1 atom stereocenters. The number of fused-ring (bicyclic) bond motifs is 1. The third-order valence-electron chi connectivity index (χ3n) is 3.90. The van der Waals surface area contributed by atoms with Crippen molar-refractivity contribution < 1.29 is 19.0 Å². The van der Waals surface area contributed by atoms with Gasteiger partial charge in [0.15, 0.2) is 0 Å². The van der Waals surface area contributed by atoms with Gasteiger partial charge in [0.2, 0.25) is 0 Å². The highest BCUT2D eigenvalue weighted by molar-refractivity contribution is 7.20. The summed E-state index contributed by atoms with van der Waals surface area (Å²) in [4.78, 5) is 12.6. The van der Waals surface area contributed by atoms with Gasteiger partial charge < -0.3 is 19.9 Å². The van der Waals surface area contributed by atoms with Crippen LogP contribution in [0.4, 0.5) is 10.5 Å². The Bertz CT molecular complexity index is 985. The van der Waals surface area contributed by atoms with Crippen LogP contribution in [-0.4, -0.2) is 31.7 Å². The first kappa shape index (κ1) is 19.5. The van der Waals surface area contributed by atoms with E-state index >= 15 is 0 Å². The van der Waals surface area contributed by atoms with E-state index in [2.05, 4.69) is 5.32 Å². The Morgan fingerprint density at radius 3 is 2.68 bits per heavy atom. The molecule has 0 saturated heterocycles. The number of nitrogen functional groups attached to an aromatic ring is 1. The zero-order valence-electron chi connectivity index (χ0n) is 15.5. The number of methoxy groups -OCH3 is 1. The van der Waals surface area contributed by atoms with Gasteiger partial charge in [-0.3, -0.25) is 10.7 Å². The summed E-state index contributed by atoms with van der Waals surface area (Å²) in [6, 6.07) is 14.4. The van der Waals surface area contributed by atoms with Gasteiger partial charge in [-0.2, -0.15) is 0 Å². The number of anilines is 1. The topological polar surface area (TPSA) is 107 Å². The maximum Gasteiger partial charge on any atom is 0.411 e. The molecule has 3 aromatic rings. The van der Waals surface area contributed by atoms with Gasteiger partial charge in [-0.25, -0.2) is 4.79 Å². The lowest BCUT2D eigenvalue weighted by molar-refractivity contribution is 0.100. The van der Waals surface area contributed by atoms with Gasteiger partial charge in [0, 0.05) is 15.8 Å². The molecule has 1 heterocycles. The molecule has 1 amide bonds. The Morgan fingerprint density at radius 1 is 1.25 bits per heavy atom. The second-order valence-corrected chi connectivity index (χ2v) is 7.16. The van der Waals surface area contributed by atoms with E-state index in [-0.39, 0.29) is 18.5 Å². The highest BCUT2D eigenvalue weighted by Gasteiger charge is 2.13. The van der Waals surface area contributed by atoms with Crippen molar-refractivity contribution in [1.29, 1.82) is 5.41 Å². The molecule has 0 aliphatic heterocycles. The summed E-state index contributed by atoms with van der Waals surface area (Å²) in [5.41, 5.74) is 6.18. The van der Waals surface area contributed by atoms with Crippen LogP contribution in [0, 0.1) is 5.41 Å². The number of amidine groups is 1. The molecule has 0 fully saturated rings. The molecule has 2 aromatic carbocycles. The highest BCUT2D eigenvalue weighted by Crippen LogP contribution is 2.33.